The predicted molar refractivity (Wildman–Crippen MR) is 66.2 cm³/mol. The minimum atomic E-state index is -0.219. The molecule has 76 valence electrons. The summed E-state index contributed by atoms with van der Waals surface area (Å²) in [6.07, 6.45) is 2.98. The summed E-state index contributed by atoms with van der Waals surface area (Å²) >= 11 is 6.52. The average molecular weight is 322 g/mol. The molecule has 0 radical (unpaired) electrons. The summed E-state index contributed by atoms with van der Waals surface area (Å²) in [5, 5.41) is 0.835. The van der Waals surface area contributed by atoms with Gasteiger partial charge in [-0.3, -0.25) is 0 Å². The van der Waals surface area contributed by atoms with Crippen molar-refractivity contribution in [3.8, 4) is 0 Å². The lowest BCUT2D eigenvalue weighted by Gasteiger charge is -2.01. The van der Waals surface area contributed by atoms with Crippen LogP contribution in [0.3, 0.4) is 0 Å². The number of hydrogen-bond acceptors (Lipinski definition) is 0. The molecule has 0 amide bonds. The Balaban J connectivity index is 2.97. The van der Waals surface area contributed by atoms with Crippen LogP contribution in [0.5, 0.6) is 0 Å². The van der Waals surface area contributed by atoms with Gasteiger partial charge in [0.2, 0.25) is 0 Å². The molecule has 0 aliphatic heterocycles. The second-order valence-electron chi connectivity index (χ2n) is 2.96. The van der Waals surface area contributed by atoms with Gasteiger partial charge in [0, 0.05) is 5.33 Å². The van der Waals surface area contributed by atoms with Crippen LogP contribution in [0.25, 0.3) is 6.08 Å². The van der Waals surface area contributed by atoms with Crippen molar-refractivity contribution in [1.29, 1.82) is 0 Å². The molecule has 0 bridgehead atoms. The lowest BCUT2D eigenvalue weighted by atomic mass is 10.1. The molecule has 1 aromatic carbocycles. The maximum atomic E-state index is 13.1. The molecule has 0 aliphatic rings. The summed E-state index contributed by atoms with van der Waals surface area (Å²) < 4.78 is 13.7. The van der Waals surface area contributed by atoms with Crippen LogP contribution < -0.4 is 0 Å². The van der Waals surface area contributed by atoms with E-state index in [-0.39, 0.29) is 5.82 Å². The van der Waals surface area contributed by atoms with Crippen LogP contribution in [0, 0.1) is 5.82 Å². The zero-order valence-electron chi connectivity index (χ0n) is 7.86. The Bertz CT molecular complexity index is 339. The number of benzene rings is 1. The predicted octanol–water partition coefficient (Wildman–Crippen LogP) is 4.78. The van der Waals surface area contributed by atoms with Gasteiger partial charge in [0.15, 0.2) is 0 Å². The van der Waals surface area contributed by atoms with Gasteiger partial charge in [0.25, 0.3) is 0 Å². The highest BCUT2D eigenvalue weighted by molar-refractivity contribution is 9.10. The molecule has 0 unspecified atom stereocenters. The van der Waals surface area contributed by atoms with E-state index < -0.39 is 0 Å². The smallest absolute Gasteiger partial charge is 0.137 e. The van der Waals surface area contributed by atoms with E-state index in [4.69, 9.17) is 0 Å². The van der Waals surface area contributed by atoms with Crippen LogP contribution in [0.15, 0.2) is 28.2 Å². The Kier molecular flexibility index (Phi) is 4.82. The maximum absolute atomic E-state index is 13.1. The summed E-state index contributed by atoms with van der Waals surface area (Å²) in [6, 6.07) is 5.15. The Labute approximate surface area is 100 Å². The minimum absolute atomic E-state index is 0.219. The van der Waals surface area contributed by atoms with E-state index in [1.807, 2.05) is 12.1 Å². The zero-order chi connectivity index (χ0) is 10.6. The molecule has 0 N–H and O–H groups in total. The lowest BCUT2D eigenvalue weighted by Crippen LogP contribution is -1.84. The van der Waals surface area contributed by atoms with Crippen LogP contribution >= 0.6 is 31.9 Å². The maximum Gasteiger partial charge on any atom is 0.137 e. The highest BCUT2D eigenvalue weighted by Crippen LogP contribution is 2.19. The van der Waals surface area contributed by atoms with E-state index >= 15 is 0 Å². The van der Waals surface area contributed by atoms with Gasteiger partial charge in [0.1, 0.15) is 5.82 Å². The first-order valence-corrected chi connectivity index (χ1v) is 6.29. The van der Waals surface area contributed by atoms with Crippen molar-refractivity contribution >= 4 is 37.9 Å². The third-order valence-electron chi connectivity index (χ3n) is 1.94. The van der Waals surface area contributed by atoms with Crippen LogP contribution in [0.1, 0.15) is 18.9 Å². The van der Waals surface area contributed by atoms with E-state index in [1.165, 1.54) is 11.6 Å². The Hall–Kier alpha value is -0.150. The fourth-order valence-electron chi connectivity index (χ4n) is 1.07. The second kappa shape index (κ2) is 5.66. The molecule has 1 rings (SSSR count). The van der Waals surface area contributed by atoms with Gasteiger partial charge >= 0.3 is 0 Å². The molecule has 0 fully saturated rings. The normalized spacial score (nSPS) is 11.9. The zero-order valence-corrected chi connectivity index (χ0v) is 11.0. The topological polar surface area (TPSA) is 0 Å². The molecule has 1 aromatic rings. The van der Waals surface area contributed by atoms with Crippen molar-refractivity contribution in [1.82, 2.24) is 0 Å². The summed E-state index contributed by atoms with van der Waals surface area (Å²) in [4.78, 5) is 0. The number of hydrogen-bond donors (Lipinski definition) is 0. The van der Waals surface area contributed by atoms with Gasteiger partial charge in [-0.05, 0) is 40.0 Å². The van der Waals surface area contributed by atoms with E-state index in [9.17, 15) is 4.39 Å². The molecule has 0 saturated heterocycles. The monoisotopic (exact) mass is 320 g/mol. The van der Waals surface area contributed by atoms with Gasteiger partial charge in [-0.15, -0.1) is 0 Å². The molecule has 0 saturated carbocycles. The molecule has 0 aromatic heterocycles. The Morgan fingerprint density at radius 1 is 1.50 bits per heavy atom. The Morgan fingerprint density at radius 3 is 2.71 bits per heavy atom. The summed E-state index contributed by atoms with van der Waals surface area (Å²) in [5.74, 6) is -0.219. The van der Waals surface area contributed by atoms with Crippen molar-refractivity contribution in [3.63, 3.8) is 0 Å². The lowest BCUT2D eigenvalue weighted by molar-refractivity contribution is 0.621. The number of halogens is 3. The van der Waals surface area contributed by atoms with Crippen molar-refractivity contribution in [3.05, 3.63) is 39.6 Å². The summed E-state index contributed by atoms with van der Waals surface area (Å²) in [6.45, 7) is 2.09. The minimum Gasteiger partial charge on any atom is -0.206 e. The largest absolute Gasteiger partial charge is 0.206 e. The average Bonchev–Trinajstić information content (AvgIpc) is 2.19. The van der Waals surface area contributed by atoms with E-state index in [2.05, 4.69) is 38.8 Å². The van der Waals surface area contributed by atoms with Gasteiger partial charge < -0.3 is 0 Å². The highest BCUT2D eigenvalue weighted by atomic mass is 79.9. The molecule has 0 nitrogen and oxygen atoms in total. The first-order chi connectivity index (χ1) is 6.67. The number of rotatable bonds is 3. The Morgan fingerprint density at radius 2 is 2.21 bits per heavy atom. The van der Waals surface area contributed by atoms with E-state index in [0.717, 1.165) is 17.3 Å². The summed E-state index contributed by atoms with van der Waals surface area (Å²) in [5.41, 5.74) is 2.16. The van der Waals surface area contributed by atoms with E-state index in [0.29, 0.717) is 4.47 Å². The number of allylic oxidation sites excluding steroid dienone is 1. The number of alkyl halides is 1. The van der Waals surface area contributed by atoms with Crippen LogP contribution in [0.4, 0.5) is 4.39 Å². The molecule has 0 aliphatic carbocycles. The van der Waals surface area contributed by atoms with Crippen molar-refractivity contribution in [2.24, 2.45) is 0 Å². The molecular weight excluding hydrogens is 311 g/mol. The first-order valence-electron chi connectivity index (χ1n) is 4.37. The van der Waals surface area contributed by atoms with Gasteiger partial charge in [-0.1, -0.05) is 40.6 Å². The first kappa shape index (κ1) is 11.9. The standard InChI is InChI=1S/C11H11Br2F/c1-2-8(7-12)5-9-3-4-10(13)11(14)6-9/h3-6H,2,7H2,1H3/b8-5-. The van der Waals surface area contributed by atoms with Crippen LogP contribution in [0.2, 0.25) is 0 Å². The molecule has 0 spiro atoms. The van der Waals surface area contributed by atoms with Gasteiger partial charge in [-0.25, -0.2) is 4.39 Å². The van der Waals surface area contributed by atoms with Crippen LogP contribution in [-0.2, 0) is 0 Å². The molecule has 0 atom stereocenters. The van der Waals surface area contributed by atoms with Crippen LogP contribution in [-0.4, -0.2) is 5.33 Å². The second-order valence-corrected chi connectivity index (χ2v) is 4.38. The van der Waals surface area contributed by atoms with Crippen molar-refractivity contribution in [2.75, 3.05) is 5.33 Å². The fourth-order valence-corrected chi connectivity index (χ4v) is 1.88. The molecular formula is C11H11Br2F. The molecule has 0 heterocycles. The quantitative estimate of drug-likeness (QED) is 0.703. The summed E-state index contributed by atoms with van der Waals surface area (Å²) in [7, 11) is 0. The molecule has 14 heavy (non-hydrogen) atoms. The van der Waals surface area contributed by atoms with E-state index in [1.54, 1.807) is 6.07 Å². The molecule has 3 heteroatoms. The van der Waals surface area contributed by atoms with Crippen molar-refractivity contribution < 1.29 is 4.39 Å². The fraction of sp³-hybridized carbons (Fsp3) is 0.273. The third-order valence-corrected chi connectivity index (χ3v) is 3.30. The highest BCUT2D eigenvalue weighted by Gasteiger charge is 1.99. The van der Waals surface area contributed by atoms with Crippen molar-refractivity contribution in [2.45, 2.75) is 13.3 Å². The van der Waals surface area contributed by atoms with Gasteiger partial charge in [0.05, 0.1) is 4.47 Å². The van der Waals surface area contributed by atoms with Gasteiger partial charge in [-0.2, -0.15) is 0 Å². The third kappa shape index (κ3) is 3.21. The SMILES string of the molecule is CC/C(=C/c1ccc(Br)c(F)c1)CBr.